The van der Waals surface area contributed by atoms with E-state index in [9.17, 15) is 0 Å². The van der Waals surface area contributed by atoms with E-state index in [4.69, 9.17) is 4.74 Å². The lowest BCUT2D eigenvalue weighted by atomic mass is 10.1. The van der Waals surface area contributed by atoms with Crippen molar-refractivity contribution in [1.82, 2.24) is 9.88 Å². The molecule has 1 aromatic heterocycles. The molecule has 0 N–H and O–H groups in total. The molecule has 0 aliphatic carbocycles. The third kappa shape index (κ3) is 4.25. The zero-order chi connectivity index (χ0) is 13.7. The van der Waals surface area contributed by atoms with Gasteiger partial charge in [-0.25, -0.2) is 0 Å². The third-order valence-corrected chi connectivity index (χ3v) is 3.54. The van der Waals surface area contributed by atoms with Gasteiger partial charge in [-0.2, -0.15) is 0 Å². The molecule has 1 atom stereocenters. The number of alkyl halides is 1. The lowest BCUT2D eigenvalue weighted by molar-refractivity contribution is 0.316. The Morgan fingerprint density at radius 3 is 2.67 bits per heavy atom. The molecule has 0 saturated carbocycles. The second-order valence-electron chi connectivity index (χ2n) is 4.85. The maximum absolute atomic E-state index is 5.43. The zero-order valence-electron chi connectivity index (χ0n) is 12.0. The first-order valence-electron chi connectivity index (χ1n) is 6.27. The Labute approximate surface area is 119 Å². The van der Waals surface area contributed by atoms with Crippen LogP contribution in [0.25, 0.3) is 0 Å². The smallest absolute Gasteiger partial charge is 0.128 e. The maximum Gasteiger partial charge on any atom is 0.128 e. The molecule has 102 valence electrons. The van der Waals surface area contributed by atoms with E-state index in [1.807, 2.05) is 13.1 Å². The minimum absolute atomic E-state index is 0.557. The van der Waals surface area contributed by atoms with Crippen molar-refractivity contribution >= 4 is 15.9 Å². The number of rotatable bonds is 6. The average molecular weight is 315 g/mol. The zero-order valence-corrected chi connectivity index (χ0v) is 13.5. The van der Waals surface area contributed by atoms with Gasteiger partial charge in [-0.05, 0) is 33.9 Å². The summed E-state index contributed by atoms with van der Waals surface area (Å²) in [5, 5.41) is 0. The monoisotopic (exact) mass is 314 g/mol. The highest BCUT2D eigenvalue weighted by Gasteiger charge is 2.11. The highest BCUT2D eigenvalue weighted by atomic mass is 79.9. The maximum atomic E-state index is 5.43. The lowest BCUT2D eigenvalue weighted by Crippen LogP contribution is -2.22. The van der Waals surface area contributed by atoms with Gasteiger partial charge in [-0.1, -0.05) is 22.9 Å². The summed E-state index contributed by atoms with van der Waals surface area (Å²) < 4.78 is 5.43. The number of methoxy groups -OCH3 is 1. The number of pyridine rings is 1. The van der Waals surface area contributed by atoms with Gasteiger partial charge in [0.05, 0.1) is 12.8 Å². The Morgan fingerprint density at radius 2 is 2.11 bits per heavy atom. The third-order valence-electron chi connectivity index (χ3n) is 3.08. The Balaban J connectivity index is 2.73. The summed E-state index contributed by atoms with van der Waals surface area (Å²) in [5.74, 6) is 0.960. The molecule has 0 bridgehead atoms. The van der Waals surface area contributed by atoms with E-state index in [1.54, 1.807) is 7.11 Å². The highest BCUT2D eigenvalue weighted by molar-refractivity contribution is 9.09. The Hall–Kier alpha value is -0.610. The normalized spacial score (nSPS) is 12.8. The van der Waals surface area contributed by atoms with Crippen LogP contribution in [0.3, 0.4) is 0 Å². The molecule has 0 saturated heterocycles. The van der Waals surface area contributed by atoms with Crippen molar-refractivity contribution in [3.8, 4) is 5.75 Å². The average Bonchev–Trinajstić information content (AvgIpc) is 2.31. The molecule has 0 radical (unpaired) electrons. The molecule has 3 nitrogen and oxygen atoms in total. The first-order valence-corrected chi connectivity index (χ1v) is 7.19. The molecule has 0 aromatic carbocycles. The number of hydrogen-bond donors (Lipinski definition) is 0. The molecule has 4 heteroatoms. The van der Waals surface area contributed by atoms with Crippen molar-refractivity contribution in [2.75, 3.05) is 20.7 Å². The fraction of sp³-hybridized carbons (Fsp3) is 0.643. The summed E-state index contributed by atoms with van der Waals surface area (Å²) >= 11 is 3.57. The highest BCUT2D eigenvalue weighted by Crippen LogP contribution is 2.24. The van der Waals surface area contributed by atoms with Crippen molar-refractivity contribution in [3.05, 3.63) is 23.0 Å². The number of hydrogen-bond acceptors (Lipinski definition) is 3. The molecule has 1 unspecified atom stereocenters. The molecule has 0 spiro atoms. The van der Waals surface area contributed by atoms with E-state index in [1.165, 1.54) is 0 Å². The Kier molecular flexibility index (Phi) is 6.09. The summed E-state index contributed by atoms with van der Waals surface area (Å²) in [6.07, 6.45) is 3.03. The van der Waals surface area contributed by atoms with E-state index >= 15 is 0 Å². The number of ether oxygens (including phenoxy) is 1. The summed E-state index contributed by atoms with van der Waals surface area (Å²) in [6, 6.07) is 0. The number of aryl methyl sites for hydroxylation is 1. The van der Waals surface area contributed by atoms with Gasteiger partial charge in [0.1, 0.15) is 5.75 Å². The molecule has 18 heavy (non-hydrogen) atoms. The molecule has 1 aromatic rings. The molecular weight excluding hydrogens is 292 g/mol. The van der Waals surface area contributed by atoms with Gasteiger partial charge in [0.15, 0.2) is 0 Å². The fourth-order valence-electron chi connectivity index (χ4n) is 1.96. The first kappa shape index (κ1) is 15.4. The van der Waals surface area contributed by atoms with Crippen LogP contribution in [0, 0.1) is 13.8 Å². The standard InChI is InChI=1S/C14H23BrN2O/c1-10-8-16-13(12(3)14(10)18-5)9-17(4)7-6-11(2)15/h8,11H,6-7,9H2,1-5H3. The van der Waals surface area contributed by atoms with E-state index < -0.39 is 0 Å². The van der Waals surface area contributed by atoms with E-state index in [-0.39, 0.29) is 0 Å². The summed E-state index contributed by atoms with van der Waals surface area (Å²) in [4.78, 5) is 7.37. The lowest BCUT2D eigenvalue weighted by Gasteiger charge is -2.19. The quantitative estimate of drug-likeness (QED) is 0.753. The van der Waals surface area contributed by atoms with Crippen molar-refractivity contribution in [3.63, 3.8) is 0 Å². The van der Waals surface area contributed by atoms with Crippen molar-refractivity contribution in [2.45, 2.75) is 38.6 Å². The van der Waals surface area contributed by atoms with Crippen molar-refractivity contribution < 1.29 is 4.74 Å². The fourth-order valence-corrected chi connectivity index (χ4v) is 2.17. The molecule has 0 amide bonds. The van der Waals surface area contributed by atoms with Crippen LogP contribution in [-0.4, -0.2) is 35.4 Å². The summed E-state index contributed by atoms with van der Waals surface area (Å²) in [7, 11) is 3.85. The number of nitrogens with zero attached hydrogens (tertiary/aromatic N) is 2. The van der Waals surface area contributed by atoms with Gasteiger partial charge in [-0.3, -0.25) is 4.98 Å². The van der Waals surface area contributed by atoms with E-state index in [0.29, 0.717) is 4.83 Å². The minimum atomic E-state index is 0.557. The van der Waals surface area contributed by atoms with Crippen LogP contribution in [0.15, 0.2) is 6.20 Å². The van der Waals surface area contributed by atoms with Crippen LogP contribution < -0.4 is 4.74 Å². The van der Waals surface area contributed by atoms with Crippen molar-refractivity contribution in [1.29, 1.82) is 0 Å². The second-order valence-corrected chi connectivity index (χ2v) is 6.42. The molecule has 1 rings (SSSR count). The molecule has 0 aliphatic heterocycles. The van der Waals surface area contributed by atoms with Gasteiger partial charge >= 0.3 is 0 Å². The number of aromatic nitrogens is 1. The van der Waals surface area contributed by atoms with Crippen molar-refractivity contribution in [2.24, 2.45) is 0 Å². The van der Waals surface area contributed by atoms with Gasteiger partial charge in [0.25, 0.3) is 0 Å². The predicted molar refractivity (Wildman–Crippen MR) is 79.6 cm³/mol. The van der Waals surface area contributed by atoms with E-state index in [2.05, 4.69) is 46.7 Å². The molecule has 0 fully saturated rings. The Bertz CT molecular complexity index is 394. The van der Waals surface area contributed by atoms with Gasteiger partial charge < -0.3 is 9.64 Å². The van der Waals surface area contributed by atoms with E-state index in [0.717, 1.165) is 42.1 Å². The van der Waals surface area contributed by atoms with Crippen LogP contribution in [0.2, 0.25) is 0 Å². The van der Waals surface area contributed by atoms with Crippen LogP contribution in [0.1, 0.15) is 30.2 Å². The molecule has 1 heterocycles. The second kappa shape index (κ2) is 7.10. The van der Waals surface area contributed by atoms with Gasteiger partial charge in [0.2, 0.25) is 0 Å². The first-order chi connectivity index (χ1) is 8.45. The largest absolute Gasteiger partial charge is 0.496 e. The summed E-state index contributed by atoms with van der Waals surface area (Å²) in [6.45, 7) is 8.20. The Morgan fingerprint density at radius 1 is 1.44 bits per heavy atom. The topological polar surface area (TPSA) is 25.4 Å². The SMILES string of the molecule is COc1c(C)cnc(CN(C)CCC(C)Br)c1C. The van der Waals surface area contributed by atoms with Gasteiger partial charge in [0, 0.05) is 28.7 Å². The molecule has 0 aliphatic rings. The van der Waals surface area contributed by atoms with Crippen LogP contribution >= 0.6 is 15.9 Å². The minimum Gasteiger partial charge on any atom is -0.496 e. The van der Waals surface area contributed by atoms with Crippen LogP contribution in [0.4, 0.5) is 0 Å². The van der Waals surface area contributed by atoms with Crippen LogP contribution in [-0.2, 0) is 6.54 Å². The summed E-state index contributed by atoms with van der Waals surface area (Å²) in [5.41, 5.74) is 3.34. The van der Waals surface area contributed by atoms with Gasteiger partial charge in [-0.15, -0.1) is 0 Å². The predicted octanol–water partition coefficient (Wildman–Crippen LogP) is 3.31. The molecular formula is C14H23BrN2O. The number of halogens is 1. The van der Waals surface area contributed by atoms with Crippen LogP contribution in [0.5, 0.6) is 5.75 Å².